The Kier molecular flexibility index (Phi) is 38.8. The number of phosphoric ester groups is 2. The number of likely N-dealkylation sites (tertiary alicyclic amines) is 2. The van der Waals surface area contributed by atoms with Crippen molar-refractivity contribution in [2.45, 2.75) is 218 Å². The number of hydrogen-bond acceptors (Lipinski definition) is 23. The van der Waals surface area contributed by atoms with Crippen LogP contribution in [0.25, 0.3) is 0 Å². The molecule has 2 unspecified atom stereocenters. The Hall–Kier alpha value is -9.73. The molecule has 14 atom stereocenters. The number of rotatable bonds is 45. The SMILES string of the molecule is CC(=O)N1CC(O/N=C/CCc2ccccc2)C[C@H]1C(=O)N[C@@H](CC(C)C)C(=O)N[C@@H](Cc1cnc[nH]1)C(=O)N[C@@H](CO)C(=O)N[C@H](C(N)=O)[C@@H](C)OP(=O)(O)O.CC(=O)[C@@H](NC(=O)[C@H](CO)NC(=O)[C@H](Cc1cnc[nH]1)NC(=O)[C@H](CC(C)C)NC(=O)[C@@H]1CC(OCCCCc2ccccc2)CN1C(C)=O)[C@@H](C)OP(=O)(O)O. The molecule has 11 amide bonds. The number of ether oxygens (including phenoxy) is 1. The zero-order valence-electron chi connectivity index (χ0n) is 65.0. The maximum atomic E-state index is 13.9. The van der Waals surface area contributed by atoms with Crippen molar-refractivity contribution in [2.24, 2.45) is 22.7 Å². The van der Waals surface area contributed by atoms with E-state index in [9.17, 15) is 76.9 Å². The maximum Gasteiger partial charge on any atom is 0.469 e. The van der Waals surface area contributed by atoms with Gasteiger partial charge in [-0.25, -0.2) is 19.1 Å². The topological polar surface area (TPSA) is 596 Å². The first-order valence-corrected chi connectivity index (χ1v) is 40.1. The highest BCUT2D eigenvalue weighted by Crippen LogP contribution is 2.39. The number of aliphatic hydroxyl groups excluding tert-OH is 2. The van der Waals surface area contributed by atoms with Crippen molar-refractivity contribution in [2.75, 3.05) is 32.9 Å². The van der Waals surface area contributed by atoms with Crippen molar-refractivity contribution in [3.05, 3.63) is 108 Å². The molecule has 18 N–H and O–H groups in total. The summed E-state index contributed by atoms with van der Waals surface area (Å²) < 4.78 is 37.7. The summed E-state index contributed by atoms with van der Waals surface area (Å²) in [5.74, 6) is -9.75. The van der Waals surface area contributed by atoms with Crippen LogP contribution in [0.2, 0.25) is 0 Å². The second kappa shape index (κ2) is 46.6. The van der Waals surface area contributed by atoms with Gasteiger partial charge < -0.3 is 107 Å². The van der Waals surface area contributed by atoms with Gasteiger partial charge in [0.2, 0.25) is 65.0 Å². The number of hydrogen-bond donors (Lipinski definition) is 17. The average Bonchev–Trinajstić information content (AvgIpc) is 1.63. The standard InChI is InChI=1S/C37H56N7O12P.C35H52N9O12P/c1-22(2)15-29(41-37(51)32-17-28(19-44(32)25(5)47)55-14-10-9-13-26-11-7-6-8-12-26)34(48)40-30(16-27-18-38-21-39-27)35(49)42-31(20-45)36(50)43-33(23(3)46)24(4)56-57(52,53)54;1-20(2)13-26(41-35(51)29-15-25(17-44(29)22(4)46)55-39-12-8-11-23-9-6-5-7-10-23)32(48)40-27(14-24-16-37-19-38-24)33(49)42-28(18-45)34(50)43-30(31(36)47)21(3)56-57(52,53)54/h6-8,11-12,18,21-22,24,28-33,45H,9-10,13-17,19-20H2,1-5H3,(H,38,39)(H,40,48)(H,41,51)(H,42,49)(H,43,50)(H2,52,53,54);5-7,9-10,12,16,19-21,25-30,45H,8,11,13-15,17-18H2,1-4H3,(H2,36,47)(H,37,38)(H,40,48)(H,41,51)(H,42,49)(H,43,50)(H2,52,53,54)/b;39-12+/t24-,28?,29+,30+,31+,32+,33-;21-,25?,26+,27+,28+,29+,30+/m11/s1. The minimum Gasteiger partial charge on any atom is -0.394 e. The monoisotopic (exact) mass is 1640 g/mol. The lowest BCUT2D eigenvalue weighted by molar-refractivity contribution is -0.139. The number of aryl methyl sites for hydroxylation is 2. The lowest BCUT2D eigenvalue weighted by Gasteiger charge is -2.28. The van der Waals surface area contributed by atoms with Crippen LogP contribution < -0.4 is 48.3 Å². The number of phosphoric acid groups is 2. The van der Waals surface area contributed by atoms with Crippen molar-refractivity contribution < 1.29 is 115 Å². The van der Waals surface area contributed by atoms with Crippen molar-refractivity contribution in [1.82, 2.24) is 72.3 Å². The molecule has 0 bridgehead atoms. The van der Waals surface area contributed by atoms with Gasteiger partial charge in [-0.05, 0) is 88.7 Å². The Morgan fingerprint density at radius 1 is 0.544 bits per heavy atom. The van der Waals surface area contributed by atoms with Crippen LogP contribution in [0.1, 0.15) is 130 Å². The maximum absolute atomic E-state index is 13.9. The normalized spacial score (nSPS) is 18.3. The van der Waals surface area contributed by atoms with E-state index in [-0.39, 0.29) is 81.4 Å². The number of aromatic amines is 2. The molecule has 2 fully saturated rings. The van der Waals surface area contributed by atoms with E-state index in [0.717, 1.165) is 52.0 Å². The number of carbonyl (C=O) groups excluding carboxylic acids is 12. The van der Waals surface area contributed by atoms with E-state index in [0.29, 0.717) is 24.4 Å². The molecule has 42 heteroatoms. The number of ketones is 1. The number of nitrogens with two attached hydrogens (primary N) is 1. The predicted molar refractivity (Wildman–Crippen MR) is 407 cm³/mol. The number of Topliss-reactive ketones (excluding diaryl/α,β-unsaturated/α-hetero) is 1. The Balaban J connectivity index is 0.000000407. The fraction of sp³-hybridized carbons (Fsp3) is 0.569. The Labute approximate surface area is 659 Å². The lowest BCUT2D eigenvalue weighted by atomic mass is 10.0. The number of nitrogens with one attached hydrogen (secondary N) is 10. The number of amides is 11. The molecular weight excluding hydrogens is 1530 g/mol. The molecule has 0 radical (unpaired) electrons. The first-order valence-electron chi connectivity index (χ1n) is 37.0. The van der Waals surface area contributed by atoms with E-state index in [1.165, 1.54) is 54.3 Å². The quantitative estimate of drug-likeness (QED) is 0.0105. The number of carbonyl (C=O) groups is 12. The number of nitrogens with zero attached hydrogens (tertiary/aromatic N) is 5. The molecule has 2 aliphatic rings. The number of aliphatic hydroxyl groups is 2. The van der Waals surface area contributed by atoms with Gasteiger partial charge in [0.05, 0.1) is 50.7 Å². The van der Waals surface area contributed by atoms with Crippen molar-refractivity contribution >= 4 is 92.6 Å². The van der Waals surface area contributed by atoms with Crippen molar-refractivity contribution in [1.29, 1.82) is 0 Å². The third-order valence-electron chi connectivity index (χ3n) is 18.1. The van der Waals surface area contributed by atoms with E-state index in [4.69, 9.17) is 34.9 Å². The second-order valence-electron chi connectivity index (χ2n) is 28.5. The fourth-order valence-electron chi connectivity index (χ4n) is 12.5. The number of unbranched alkanes of at least 4 members (excludes halogenated alkanes) is 1. The Morgan fingerprint density at radius 2 is 0.939 bits per heavy atom. The molecule has 2 aliphatic heterocycles. The smallest absolute Gasteiger partial charge is 0.394 e. The van der Waals surface area contributed by atoms with Gasteiger partial charge in [-0.15, -0.1) is 0 Å². The van der Waals surface area contributed by atoms with Gasteiger partial charge in [0, 0.05) is 82.7 Å². The van der Waals surface area contributed by atoms with Gasteiger partial charge in [0.15, 0.2) is 5.78 Å². The molecule has 0 saturated carbocycles. The number of benzene rings is 2. The summed E-state index contributed by atoms with van der Waals surface area (Å²) in [6.07, 6.45) is 7.27. The second-order valence-corrected chi connectivity index (χ2v) is 30.8. The van der Waals surface area contributed by atoms with Gasteiger partial charge in [-0.2, -0.15) is 0 Å². The van der Waals surface area contributed by atoms with Crippen LogP contribution in [0.3, 0.4) is 0 Å². The van der Waals surface area contributed by atoms with E-state index in [1.807, 2.05) is 76.2 Å². The fourth-order valence-corrected chi connectivity index (χ4v) is 13.6. The highest BCUT2D eigenvalue weighted by molar-refractivity contribution is 7.46. The summed E-state index contributed by atoms with van der Waals surface area (Å²) >= 11 is 0. The molecule has 2 aromatic carbocycles. The number of H-pyrrole nitrogens is 2. The molecule has 114 heavy (non-hydrogen) atoms. The van der Waals surface area contributed by atoms with E-state index in [2.05, 4.69) is 88.8 Å². The Morgan fingerprint density at radius 3 is 1.33 bits per heavy atom. The highest BCUT2D eigenvalue weighted by atomic mass is 31.2. The molecule has 4 heterocycles. The number of oxime groups is 1. The van der Waals surface area contributed by atoms with Gasteiger partial charge >= 0.3 is 15.6 Å². The summed E-state index contributed by atoms with van der Waals surface area (Å²) in [7, 11) is -10.2. The van der Waals surface area contributed by atoms with Gasteiger partial charge in [0.1, 0.15) is 66.5 Å². The van der Waals surface area contributed by atoms with E-state index in [1.54, 1.807) is 6.21 Å². The summed E-state index contributed by atoms with van der Waals surface area (Å²) in [4.78, 5) is 216. The third-order valence-corrected chi connectivity index (χ3v) is 19.3. The van der Waals surface area contributed by atoms with Crippen molar-refractivity contribution in [3.63, 3.8) is 0 Å². The number of primary amides is 1. The molecule has 2 saturated heterocycles. The number of aromatic nitrogens is 4. The lowest BCUT2D eigenvalue weighted by Crippen LogP contribution is -2.61. The summed E-state index contributed by atoms with van der Waals surface area (Å²) in [6, 6.07) is 6.11. The molecular formula is C72H108N16O24P2. The zero-order chi connectivity index (χ0) is 84.6. The van der Waals surface area contributed by atoms with Crippen LogP contribution >= 0.6 is 15.6 Å². The molecule has 0 aliphatic carbocycles. The summed E-state index contributed by atoms with van der Waals surface area (Å²) in [6.45, 7) is 12.0. The molecule has 0 spiro atoms. The molecule has 40 nitrogen and oxygen atoms in total. The first-order chi connectivity index (χ1) is 53.8. The van der Waals surface area contributed by atoms with Crippen LogP contribution in [0, 0.1) is 11.8 Å². The largest absolute Gasteiger partial charge is 0.469 e. The Bertz CT molecular complexity index is 3930. The van der Waals surface area contributed by atoms with Crippen LogP contribution in [-0.2, 0) is 111 Å². The van der Waals surface area contributed by atoms with Gasteiger partial charge in [-0.3, -0.25) is 66.6 Å². The molecule has 4 aromatic rings. The van der Waals surface area contributed by atoms with Crippen LogP contribution in [0.15, 0.2) is 90.9 Å². The molecule has 630 valence electrons. The van der Waals surface area contributed by atoms with Gasteiger partial charge in [0.25, 0.3) is 0 Å². The number of imidazole rings is 2. The zero-order valence-corrected chi connectivity index (χ0v) is 66.7. The third kappa shape index (κ3) is 33.0. The highest BCUT2D eigenvalue weighted by Gasteiger charge is 2.44. The van der Waals surface area contributed by atoms with E-state index >= 15 is 0 Å². The van der Waals surface area contributed by atoms with Crippen LogP contribution in [0.4, 0.5) is 0 Å². The average molecular weight is 1640 g/mol. The molecule has 6 rings (SSSR count). The minimum atomic E-state index is -5.11. The predicted octanol–water partition coefficient (Wildman–Crippen LogP) is -1.42. The summed E-state index contributed by atoms with van der Waals surface area (Å²) in [5, 5.41) is 43.7. The van der Waals surface area contributed by atoms with E-state index < -0.39 is 167 Å². The summed E-state index contributed by atoms with van der Waals surface area (Å²) in [5.41, 5.74) is 8.45. The molecule has 2 aromatic heterocycles. The van der Waals surface area contributed by atoms with Gasteiger partial charge in [-0.1, -0.05) is 93.5 Å². The minimum absolute atomic E-state index is 0.0896. The van der Waals surface area contributed by atoms with Crippen LogP contribution in [-0.4, -0.2) is 254 Å². The first kappa shape index (κ1) is 94.9. The van der Waals surface area contributed by atoms with Crippen LogP contribution in [0.5, 0.6) is 0 Å². The van der Waals surface area contributed by atoms with Crippen molar-refractivity contribution in [3.8, 4) is 0 Å².